The standard InChI is InChI=1S/C22H30N2O5/c1-4-17-14-20(25)29-21-15(2)19(7-6-18(17)21)28-16(3)22(26)23-8-5-9-24-10-12-27-13-11-24/h6-7,14,16H,4-5,8-13H2,1-3H3,(H,23,26)/p+1/t16-/m1/s1. The van der Waals surface area contributed by atoms with Gasteiger partial charge in [0.1, 0.15) is 24.4 Å². The van der Waals surface area contributed by atoms with E-state index in [0.29, 0.717) is 17.9 Å². The van der Waals surface area contributed by atoms with Gasteiger partial charge in [-0.1, -0.05) is 6.92 Å². The number of hydrogen-bond acceptors (Lipinski definition) is 5. The number of carbonyl (C=O) groups is 1. The number of carbonyl (C=O) groups excluding carboxylic acids is 1. The van der Waals surface area contributed by atoms with Crippen LogP contribution in [0.25, 0.3) is 11.0 Å². The molecule has 2 heterocycles. The molecule has 1 aliphatic heterocycles. The number of rotatable bonds is 8. The summed E-state index contributed by atoms with van der Waals surface area (Å²) in [4.78, 5) is 25.8. The van der Waals surface area contributed by atoms with Crippen LogP contribution in [0.5, 0.6) is 5.75 Å². The fourth-order valence-electron chi connectivity index (χ4n) is 3.68. The Labute approximate surface area is 171 Å². The van der Waals surface area contributed by atoms with Gasteiger partial charge in [-0.2, -0.15) is 0 Å². The summed E-state index contributed by atoms with van der Waals surface area (Å²) in [6, 6.07) is 5.24. The van der Waals surface area contributed by atoms with Crippen LogP contribution in [0.4, 0.5) is 0 Å². The molecule has 1 amide bonds. The van der Waals surface area contributed by atoms with Crippen molar-refractivity contribution in [2.24, 2.45) is 0 Å². The number of ether oxygens (including phenoxy) is 2. The zero-order chi connectivity index (χ0) is 20.8. The molecule has 158 valence electrons. The predicted molar refractivity (Wildman–Crippen MR) is 111 cm³/mol. The number of fused-ring (bicyclic) bond motifs is 1. The summed E-state index contributed by atoms with van der Waals surface area (Å²) in [7, 11) is 0. The molecule has 1 aliphatic rings. The van der Waals surface area contributed by atoms with Crippen molar-refractivity contribution in [1.29, 1.82) is 0 Å². The lowest BCUT2D eigenvalue weighted by Gasteiger charge is -2.23. The first-order valence-corrected chi connectivity index (χ1v) is 10.4. The van der Waals surface area contributed by atoms with Gasteiger partial charge in [0.15, 0.2) is 6.10 Å². The van der Waals surface area contributed by atoms with Gasteiger partial charge in [-0.15, -0.1) is 0 Å². The molecule has 2 N–H and O–H groups in total. The Kier molecular flexibility index (Phi) is 7.28. The van der Waals surface area contributed by atoms with Gasteiger partial charge in [0.2, 0.25) is 0 Å². The topological polar surface area (TPSA) is 82.2 Å². The second kappa shape index (κ2) is 9.89. The van der Waals surface area contributed by atoms with E-state index in [4.69, 9.17) is 13.9 Å². The van der Waals surface area contributed by atoms with E-state index in [9.17, 15) is 9.59 Å². The van der Waals surface area contributed by atoms with Crippen molar-refractivity contribution >= 4 is 16.9 Å². The Bertz CT molecular complexity index is 902. The molecular formula is C22H31N2O5+. The van der Waals surface area contributed by atoms with Crippen molar-refractivity contribution in [2.75, 3.05) is 39.4 Å². The third kappa shape index (κ3) is 5.36. The molecule has 3 rings (SSSR count). The SMILES string of the molecule is CCc1cc(=O)oc2c(C)c(O[C@H](C)C(=O)NCCC[NH+]3CCOCC3)ccc12. The molecule has 1 aromatic carbocycles. The third-order valence-corrected chi connectivity index (χ3v) is 5.46. The van der Waals surface area contributed by atoms with Crippen LogP contribution in [0.3, 0.4) is 0 Å². The minimum Gasteiger partial charge on any atom is -0.480 e. The maximum atomic E-state index is 12.4. The molecule has 0 unspecified atom stereocenters. The summed E-state index contributed by atoms with van der Waals surface area (Å²) in [5.41, 5.74) is 1.82. The van der Waals surface area contributed by atoms with Crippen molar-refractivity contribution in [3.05, 3.63) is 39.7 Å². The molecule has 0 radical (unpaired) electrons. The van der Waals surface area contributed by atoms with Gasteiger partial charge >= 0.3 is 5.63 Å². The molecule has 1 aromatic heterocycles. The van der Waals surface area contributed by atoms with Crippen molar-refractivity contribution < 1.29 is 23.6 Å². The average Bonchev–Trinajstić information content (AvgIpc) is 2.73. The van der Waals surface area contributed by atoms with Crippen LogP contribution in [0, 0.1) is 6.92 Å². The van der Waals surface area contributed by atoms with Crippen LogP contribution in [0.1, 0.15) is 31.4 Å². The van der Waals surface area contributed by atoms with Gasteiger partial charge < -0.3 is 24.1 Å². The van der Waals surface area contributed by atoms with Gasteiger partial charge in [0, 0.05) is 30.0 Å². The van der Waals surface area contributed by atoms with E-state index in [1.54, 1.807) is 6.92 Å². The fraction of sp³-hybridized carbons (Fsp3) is 0.545. The molecule has 2 aromatic rings. The van der Waals surface area contributed by atoms with Crippen LogP contribution in [-0.4, -0.2) is 51.4 Å². The highest BCUT2D eigenvalue weighted by Gasteiger charge is 2.18. The Hall–Kier alpha value is -2.38. The minimum atomic E-state index is -0.636. The smallest absolute Gasteiger partial charge is 0.336 e. The highest BCUT2D eigenvalue weighted by molar-refractivity contribution is 5.85. The molecule has 1 fully saturated rings. The van der Waals surface area contributed by atoms with E-state index in [2.05, 4.69) is 5.32 Å². The maximum absolute atomic E-state index is 12.4. The van der Waals surface area contributed by atoms with Gasteiger partial charge in [0.05, 0.1) is 19.8 Å². The van der Waals surface area contributed by atoms with Crippen molar-refractivity contribution in [1.82, 2.24) is 5.32 Å². The normalized spacial score (nSPS) is 16.0. The quantitative estimate of drug-likeness (QED) is 0.505. The molecule has 1 atom stereocenters. The number of hydrogen-bond donors (Lipinski definition) is 2. The largest absolute Gasteiger partial charge is 0.480 e. The monoisotopic (exact) mass is 403 g/mol. The molecule has 0 bridgehead atoms. The second-order valence-corrected chi connectivity index (χ2v) is 7.53. The lowest BCUT2D eigenvalue weighted by Crippen LogP contribution is -3.14. The molecule has 0 aliphatic carbocycles. The molecule has 0 spiro atoms. The van der Waals surface area contributed by atoms with E-state index in [0.717, 1.165) is 62.2 Å². The number of amides is 1. The average molecular weight is 403 g/mol. The first kappa shape index (κ1) is 21.3. The van der Waals surface area contributed by atoms with Gasteiger partial charge in [-0.3, -0.25) is 4.79 Å². The Morgan fingerprint density at radius 3 is 2.79 bits per heavy atom. The van der Waals surface area contributed by atoms with Gasteiger partial charge in [0.25, 0.3) is 5.91 Å². The molecule has 29 heavy (non-hydrogen) atoms. The lowest BCUT2D eigenvalue weighted by atomic mass is 10.0. The third-order valence-electron chi connectivity index (χ3n) is 5.46. The molecule has 7 nitrogen and oxygen atoms in total. The van der Waals surface area contributed by atoms with Crippen molar-refractivity contribution in [2.45, 2.75) is 39.7 Å². The van der Waals surface area contributed by atoms with Gasteiger partial charge in [-0.25, -0.2) is 4.79 Å². The summed E-state index contributed by atoms with van der Waals surface area (Å²) >= 11 is 0. The van der Waals surface area contributed by atoms with Crippen LogP contribution >= 0.6 is 0 Å². The van der Waals surface area contributed by atoms with Crippen LogP contribution in [0.15, 0.2) is 27.4 Å². The Morgan fingerprint density at radius 1 is 1.31 bits per heavy atom. The van der Waals surface area contributed by atoms with Crippen LogP contribution in [0.2, 0.25) is 0 Å². The number of nitrogens with one attached hydrogen (secondary N) is 2. The van der Waals surface area contributed by atoms with Crippen molar-refractivity contribution in [3.8, 4) is 5.75 Å². The van der Waals surface area contributed by atoms with Crippen LogP contribution in [-0.2, 0) is 16.0 Å². The first-order chi connectivity index (χ1) is 14.0. The fourth-order valence-corrected chi connectivity index (χ4v) is 3.68. The maximum Gasteiger partial charge on any atom is 0.336 e. The lowest BCUT2D eigenvalue weighted by molar-refractivity contribution is -0.908. The van der Waals surface area contributed by atoms with Gasteiger partial charge in [-0.05, 0) is 38.0 Å². The van der Waals surface area contributed by atoms with E-state index in [1.807, 2.05) is 26.0 Å². The number of aryl methyl sites for hydroxylation is 2. The van der Waals surface area contributed by atoms with Crippen molar-refractivity contribution in [3.63, 3.8) is 0 Å². The van der Waals surface area contributed by atoms with E-state index < -0.39 is 6.10 Å². The molecule has 1 saturated heterocycles. The second-order valence-electron chi connectivity index (χ2n) is 7.53. The number of quaternary nitrogens is 1. The summed E-state index contributed by atoms with van der Waals surface area (Å²) in [6.07, 6.45) is 1.03. The highest BCUT2D eigenvalue weighted by atomic mass is 16.5. The van der Waals surface area contributed by atoms with E-state index >= 15 is 0 Å². The molecule has 0 saturated carbocycles. The summed E-state index contributed by atoms with van der Waals surface area (Å²) < 4.78 is 16.6. The summed E-state index contributed by atoms with van der Waals surface area (Å²) in [6.45, 7) is 10.9. The van der Waals surface area contributed by atoms with E-state index in [-0.39, 0.29) is 11.5 Å². The van der Waals surface area contributed by atoms with E-state index in [1.165, 1.54) is 11.0 Å². The Balaban J connectivity index is 1.57. The highest BCUT2D eigenvalue weighted by Crippen LogP contribution is 2.29. The summed E-state index contributed by atoms with van der Waals surface area (Å²) in [5, 5.41) is 3.85. The molecular weight excluding hydrogens is 372 g/mol. The molecule has 7 heteroatoms. The number of morpholine rings is 1. The zero-order valence-corrected chi connectivity index (χ0v) is 17.5. The predicted octanol–water partition coefficient (Wildman–Crippen LogP) is 0.853. The first-order valence-electron chi connectivity index (χ1n) is 10.4. The Morgan fingerprint density at radius 2 is 2.07 bits per heavy atom. The number of benzene rings is 1. The minimum absolute atomic E-state index is 0.148. The summed E-state index contributed by atoms with van der Waals surface area (Å²) in [5.74, 6) is 0.402. The zero-order valence-electron chi connectivity index (χ0n) is 17.5. The van der Waals surface area contributed by atoms with Crippen LogP contribution < -0.4 is 20.6 Å².